The van der Waals surface area contributed by atoms with E-state index in [0.29, 0.717) is 25.7 Å². The molecule has 2 heterocycles. The van der Waals surface area contributed by atoms with E-state index < -0.39 is 32.9 Å². The molecule has 2 aromatic rings. The molecule has 1 aliphatic heterocycles. The van der Waals surface area contributed by atoms with E-state index in [2.05, 4.69) is 10.3 Å². The summed E-state index contributed by atoms with van der Waals surface area (Å²) >= 11 is 0. The summed E-state index contributed by atoms with van der Waals surface area (Å²) in [4.78, 5) is 28.8. The van der Waals surface area contributed by atoms with Crippen molar-refractivity contribution in [1.82, 2.24) is 14.9 Å². The van der Waals surface area contributed by atoms with Crippen LogP contribution >= 0.6 is 0 Å². The number of amides is 1. The summed E-state index contributed by atoms with van der Waals surface area (Å²) in [6.45, 7) is 0.371. The summed E-state index contributed by atoms with van der Waals surface area (Å²) in [5.41, 5.74) is -0.523. The van der Waals surface area contributed by atoms with Crippen molar-refractivity contribution in [3.05, 3.63) is 51.7 Å². The number of aryl methyl sites for hydroxylation is 1. The van der Waals surface area contributed by atoms with E-state index in [0.717, 1.165) is 14.4 Å². The van der Waals surface area contributed by atoms with Crippen LogP contribution in [0.15, 0.2) is 29.1 Å². The number of rotatable bonds is 6. The third-order valence-electron chi connectivity index (χ3n) is 4.87. The summed E-state index contributed by atoms with van der Waals surface area (Å²) in [6.07, 6.45) is 2.23. The highest BCUT2D eigenvalue weighted by molar-refractivity contribution is 7.92. The Morgan fingerprint density at radius 3 is 2.63 bits per heavy atom. The van der Waals surface area contributed by atoms with E-state index in [1.807, 2.05) is 0 Å². The zero-order chi connectivity index (χ0) is 21.9. The minimum Gasteiger partial charge on any atom is -0.501 e. The molecule has 30 heavy (non-hydrogen) atoms. The van der Waals surface area contributed by atoms with Gasteiger partial charge in [0.2, 0.25) is 21.7 Å². The third-order valence-corrected chi connectivity index (χ3v) is 6.69. The van der Waals surface area contributed by atoms with E-state index in [4.69, 9.17) is 0 Å². The van der Waals surface area contributed by atoms with Crippen molar-refractivity contribution in [3.8, 4) is 5.75 Å². The maximum Gasteiger partial charge on any atom is 0.297 e. The fraction of sp³-hybridized carbons (Fsp3) is 0.421. The lowest BCUT2D eigenvalue weighted by Crippen LogP contribution is -2.42. The molecule has 0 aliphatic carbocycles. The molecule has 0 bridgehead atoms. The van der Waals surface area contributed by atoms with Gasteiger partial charge in [0.15, 0.2) is 5.69 Å². The maximum atomic E-state index is 12.9. The molecule has 0 radical (unpaired) electrons. The van der Waals surface area contributed by atoms with Crippen LogP contribution in [0.4, 0.5) is 10.3 Å². The second kappa shape index (κ2) is 8.82. The van der Waals surface area contributed by atoms with Crippen molar-refractivity contribution < 1.29 is 22.7 Å². The predicted molar refractivity (Wildman–Crippen MR) is 109 cm³/mol. The first-order chi connectivity index (χ1) is 14.2. The molecule has 0 spiro atoms. The molecule has 1 saturated heterocycles. The summed E-state index contributed by atoms with van der Waals surface area (Å²) < 4.78 is 39.6. The van der Waals surface area contributed by atoms with Gasteiger partial charge in [-0.15, -0.1) is 0 Å². The Balaban J connectivity index is 1.74. The normalized spacial score (nSPS) is 15.7. The van der Waals surface area contributed by atoms with E-state index in [9.17, 15) is 27.5 Å². The molecule has 1 amide bonds. The quantitative estimate of drug-likeness (QED) is 0.647. The summed E-state index contributed by atoms with van der Waals surface area (Å²) in [6, 6.07) is 6.01. The number of hydrogen-bond donors (Lipinski definition) is 2. The highest BCUT2D eigenvalue weighted by Crippen LogP contribution is 2.22. The molecule has 9 nitrogen and oxygen atoms in total. The third kappa shape index (κ3) is 4.61. The highest BCUT2D eigenvalue weighted by atomic mass is 32.2. The molecule has 1 fully saturated rings. The number of aromatic hydroxyl groups is 1. The van der Waals surface area contributed by atoms with Crippen LogP contribution in [0.2, 0.25) is 0 Å². The van der Waals surface area contributed by atoms with E-state index >= 15 is 0 Å². The van der Waals surface area contributed by atoms with Gasteiger partial charge in [0.1, 0.15) is 5.82 Å². The number of sulfonamides is 1. The Hall–Kier alpha value is -2.95. The van der Waals surface area contributed by atoms with Gasteiger partial charge in [-0.2, -0.15) is 0 Å². The minimum absolute atomic E-state index is 0.0747. The van der Waals surface area contributed by atoms with Gasteiger partial charge in [-0.25, -0.2) is 22.1 Å². The molecule has 0 unspecified atom stereocenters. The van der Waals surface area contributed by atoms with Crippen molar-refractivity contribution >= 4 is 21.9 Å². The number of benzene rings is 1. The van der Waals surface area contributed by atoms with Crippen molar-refractivity contribution in [2.75, 3.05) is 23.1 Å². The number of anilines is 1. The zero-order valence-electron chi connectivity index (χ0n) is 16.5. The fourth-order valence-electron chi connectivity index (χ4n) is 3.20. The van der Waals surface area contributed by atoms with Crippen LogP contribution in [-0.2, 0) is 23.5 Å². The molecule has 0 atom stereocenters. The number of aromatic nitrogens is 2. The van der Waals surface area contributed by atoms with Gasteiger partial charge < -0.3 is 10.4 Å². The van der Waals surface area contributed by atoms with Gasteiger partial charge in [-0.05, 0) is 43.4 Å². The van der Waals surface area contributed by atoms with Crippen molar-refractivity contribution in [2.45, 2.75) is 25.7 Å². The molecule has 3 rings (SSSR count). The zero-order valence-corrected chi connectivity index (χ0v) is 17.3. The number of nitrogens with zero attached hydrogens (tertiary/aromatic N) is 3. The summed E-state index contributed by atoms with van der Waals surface area (Å²) in [5.74, 6) is -2.22. The predicted octanol–water partition coefficient (Wildman–Crippen LogP) is 0.918. The number of carbonyl (C=O) groups excluding carboxylic acids is 1. The lowest BCUT2D eigenvalue weighted by Gasteiger charge is -2.28. The van der Waals surface area contributed by atoms with Crippen LogP contribution in [-0.4, -0.2) is 47.8 Å². The largest absolute Gasteiger partial charge is 0.501 e. The summed E-state index contributed by atoms with van der Waals surface area (Å²) in [7, 11) is -2.36. The number of carbonyl (C=O) groups is 1. The minimum atomic E-state index is -3.65. The van der Waals surface area contributed by atoms with Gasteiger partial charge in [-0.1, -0.05) is 12.1 Å². The SMILES string of the molecule is Cn1c(N2CCCCS2(=O)=O)nc(C(=O)NCCCc2ccc(F)cc2)c(O)c1=O. The van der Waals surface area contributed by atoms with Crippen LogP contribution in [0.25, 0.3) is 0 Å². The smallest absolute Gasteiger partial charge is 0.297 e. The average Bonchev–Trinajstić information content (AvgIpc) is 2.71. The van der Waals surface area contributed by atoms with Crippen molar-refractivity contribution in [3.63, 3.8) is 0 Å². The van der Waals surface area contributed by atoms with Gasteiger partial charge in [0.25, 0.3) is 11.5 Å². The highest BCUT2D eigenvalue weighted by Gasteiger charge is 2.31. The Labute approximate surface area is 173 Å². The van der Waals surface area contributed by atoms with Crippen LogP contribution in [0, 0.1) is 5.82 Å². The van der Waals surface area contributed by atoms with Gasteiger partial charge in [-0.3, -0.25) is 14.2 Å². The average molecular weight is 438 g/mol. The van der Waals surface area contributed by atoms with Crippen LogP contribution in [0.3, 0.4) is 0 Å². The summed E-state index contributed by atoms with van der Waals surface area (Å²) in [5, 5.41) is 12.7. The number of hydrogen-bond acceptors (Lipinski definition) is 6. The Morgan fingerprint density at radius 2 is 1.97 bits per heavy atom. The van der Waals surface area contributed by atoms with Gasteiger partial charge in [0, 0.05) is 20.1 Å². The lowest BCUT2D eigenvalue weighted by molar-refractivity contribution is 0.0944. The molecule has 1 aromatic carbocycles. The Kier molecular flexibility index (Phi) is 6.40. The van der Waals surface area contributed by atoms with Crippen LogP contribution in [0.1, 0.15) is 35.3 Å². The fourth-order valence-corrected chi connectivity index (χ4v) is 4.81. The molecule has 1 aromatic heterocycles. The first kappa shape index (κ1) is 21.8. The van der Waals surface area contributed by atoms with Crippen LogP contribution in [0.5, 0.6) is 5.75 Å². The topological polar surface area (TPSA) is 122 Å². The number of nitrogens with one attached hydrogen (secondary N) is 1. The monoisotopic (exact) mass is 438 g/mol. The van der Waals surface area contributed by atoms with E-state index in [1.165, 1.54) is 19.2 Å². The second-order valence-corrected chi connectivity index (χ2v) is 9.07. The molecular weight excluding hydrogens is 415 g/mol. The molecule has 162 valence electrons. The Bertz CT molecular complexity index is 1100. The standard InChI is InChI=1S/C19H23FN4O5S/c1-23-18(27)16(25)15(22-19(23)24-11-2-3-12-30(24,28)29)17(26)21-10-4-5-13-6-8-14(20)9-7-13/h6-9,25H,2-5,10-12H2,1H3,(H,21,26). The first-order valence-electron chi connectivity index (χ1n) is 9.54. The maximum absolute atomic E-state index is 12.9. The second-order valence-electron chi connectivity index (χ2n) is 7.05. The van der Waals surface area contributed by atoms with Crippen LogP contribution < -0.4 is 15.2 Å². The first-order valence-corrected chi connectivity index (χ1v) is 11.1. The molecule has 0 saturated carbocycles. The molecule has 2 N–H and O–H groups in total. The van der Waals surface area contributed by atoms with Gasteiger partial charge >= 0.3 is 0 Å². The van der Waals surface area contributed by atoms with E-state index in [1.54, 1.807) is 12.1 Å². The van der Waals surface area contributed by atoms with Gasteiger partial charge in [0.05, 0.1) is 5.75 Å². The van der Waals surface area contributed by atoms with Crippen molar-refractivity contribution in [1.29, 1.82) is 0 Å². The molecule has 11 heteroatoms. The Morgan fingerprint density at radius 1 is 1.27 bits per heavy atom. The van der Waals surface area contributed by atoms with E-state index in [-0.39, 0.29) is 30.6 Å². The van der Waals surface area contributed by atoms with Crippen molar-refractivity contribution in [2.24, 2.45) is 7.05 Å². The molecular formula is C19H23FN4O5S. The number of halogens is 1. The molecule has 1 aliphatic rings. The lowest BCUT2D eigenvalue weighted by atomic mass is 10.1.